The molecule has 0 saturated heterocycles. The van der Waals surface area contributed by atoms with Crippen LogP contribution in [0.2, 0.25) is 0 Å². The van der Waals surface area contributed by atoms with Gasteiger partial charge in [-0.15, -0.1) is 0 Å². The maximum atomic E-state index is 13.6. The third-order valence-corrected chi connectivity index (χ3v) is 5.82. The second kappa shape index (κ2) is 8.54. The van der Waals surface area contributed by atoms with E-state index in [4.69, 9.17) is 9.15 Å². The Morgan fingerprint density at radius 2 is 1.79 bits per heavy atom. The fourth-order valence-electron chi connectivity index (χ4n) is 4.21. The monoisotopic (exact) mass is 443 g/mol. The van der Waals surface area contributed by atoms with Crippen molar-refractivity contribution in [3.05, 3.63) is 106 Å². The standard InChI is InChI=1S/C27H22FNO4/c1-2-3-15-32-20-8-6-7-17(16-20)24-23-25(30)21-9-4-5-10-22(21)33-26(23)27(31)29(24)19-13-11-18(28)12-14-19/h4-14,16,24H,2-3,15H2,1H3. The zero-order chi connectivity index (χ0) is 22.9. The number of carbonyl (C=O) groups excluding carboxylic acids is 1. The summed E-state index contributed by atoms with van der Waals surface area (Å²) in [6, 6.07) is 19.2. The molecule has 0 fully saturated rings. The highest BCUT2D eigenvalue weighted by Crippen LogP contribution is 2.41. The number of rotatable bonds is 6. The summed E-state index contributed by atoms with van der Waals surface area (Å²) in [5, 5.41) is 0.408. The molecule has 33 heavy (non-hydrogen) atoms. The van der Waals surface area contributed by atoms with Gasteiger partial charge in [0.15, 0.2) is 5.43 Å². The lowest BCUT2D eigenvalue weighted by Crippen LogP contribution is -2.29. The van der Waals surface area contributed by atoms with Crippen LogP contribution in [0.5, 0.6) is 5.75 Å². The molecule has 1 aliphatic rings. The summed E-state index contributed by atoms with van der Waals surface area (Å²) in [5.41, 5.74) is 1.55. The van der Waals surface area contributed by atoms with Crippen molar-refractivity contribution in [2.75, 3.05) is 11.5 Å². The average molecular weight is 443 g/mol. The van der Waals surface area contributed by atoms with Crippen LogP contribution in [0, 0.1) is 5.82 Å². The first-order valence-electron chi connectivity index (χ1n) is 11.0. The number of hydrogen-bond donors (Lipinski definition) is 0. The quantitative estimate of drug-likeness (QED) is 0.350. The number of carbonyl (C=O) groups is 1. The van der Waals surface area contributed by atoms with Crippen molar-refractivity contribution in [1.29, 1.82) is 0 Å². The van der Waals surface area contributed by atoms with Crippen LogP contribution in [0.25, 0.3) is 11.0 Å². The smallest absolute Gasteiger partial charge is 0.295 e. The van der Waals surface area contributed by atoms with Gasteiger partial charge in [-0.25, -0.2) is 4.39 Å². The summed E-state index contributed by atoms with van der Waals surface area (Å²) in [4.78, 5) is 28.6. The molecule has 166 valence electrons. The summed E-state index contributed by atoms with van der Waals surface area (Å²) in [5.74, 6) is -0.191. The Morgan fingerprint density at radius 1 is 1.00 bits per heavy atom. The number of amides is 1. The van der Waals surface area contributed by atoms with Gasteiger partial charge < -0.3 is 9.15 Å². The molecule has 4 aromatic rings. The van der Waals surface area contributed by atoms with Gasteiger partial charge >= 0.3 is 0 Å². The largest absolute Gasteiger partial charge is 0.494 e. The van der Waals surface area contributed by atoms with Crippen LogP contribution in [0.3, 0.4) is 0 Å². The van der Waals surface area contributed by atoms with Crippen LogP contribution in [-0.4, -0.2) is 12.5 Å². The molecule has 0 radical (unpaired) electrons. The number of ether oxygens (including phenoxy) is 1. The maximum Gasteiger partial charge on any atom is 0.295 e. The fraction of sp³-hybridized carbons (Fsp3) is 0.185. The van der Waals surface area contributed by atoms with Crippen LogP contribution in [0.1, 0.15) is 47.5 Å². The minimum absolute atomic E-state index is 0.00493. The number of anilines is 1. The molecule has 1 amide bonds. The number of halogens is 1. The van der Waals surface area contributed by atoms with E-state index >= 15 is 0 Å². The highest BCUT2D eigenvalue weighted by Gasteiger charge is 2.43. The highest BCUT2D eigenvalue weighted by molar-refractivity contribution is 6.10. The number of fused-ring (bicyclic) bond motifs is 2. The maximum absolute atomic E-state index is 13.6. The minimum atomic E-state index is -0.728. The number of hydrogen-bond acceptors (Lipinski definition) is 4. The third kappa shape index (κ3) is 3.67. The molecule has 6 heteroatoms. The van der Waals surface area contributed by atoms with Crippen LogP contribution in [0.15, 0.2) is 82.0 Å². The van der Waals surface area contributed by atoms with Crippen LogP contribution in [0.4, 0.5) is 10.1 Å². The summed E-state index contributed by atoms with van der Waals surface area (Å²) >= 11 is 0. The van der Waals surface area contributed by atoms with Crippen molar-refractivity contribution in [2.24, 2.45) is 0 Å². The van der Waals surface area contributed by atoms with Crippen molar-refractivity contribution in [2.45, 2.75) is 25.8 Å². The lowest BCUT2D eigenvalue weighted by molar-refractivity contribution is 0.0971. The van der Waals surface area contributed by atoms with E-state index in [9.17, 15) is 14.0 Å². The molecule has 1 atom stereocenters. The summed E-state index contributed by atoms with van der Waals surface area (Å²) < 4.78 is 25.4. The van der Waals surface area contributed by atoms with Crippen LogP contribution >= 0.6 is 0 Å². The molecule has 0 aliphatic carbocycles. The first-order chi connectivity index (χ1) is 16.1. The fourth-order valence-corrected chi connectivity index (χ4v) is 4.21. The van der Waals surface area contributed by atoms with E-state index in [2.05, 4.69) is 6.92 Å². The van der Waals surface area contributed by atoms with Gasteiger partial charge in [0.25, 0.3) is 5.91 Å². The van der Waals surface area contributed by atoms with Gasteiger partial charge in [0.05, 0.1) is 23.6 Å². The van der Waals surface area contributed by atoms with Gasteiger partial charge in [0.1, 0.15) is 17.1 Å². The van der Waals surface area contributed by atoms with Crippen molar-refractivity contribution < 1.29 is 18.3 Å². The van der Waals surface area contributed by atoms with E-state index in [0.29, 0.717) is 34.6 Å². The molecule has 0 bridgehead atoms. The van der Waals surface area contributed by atoms with E-state index < -0.39 is 17.8 Å². The highest BCUT2D eigenvalue weighted by atomic mass is 19.1. The number of unbranched alkanes of at least 4 members (excludes halogenated alkanes) is 1. The van der Waals surface area contributed by atoms with Crippen molar-refractivity contribution in [3.8, 4) is 5.75 Å². The number of para-hydroxylation sites is 1. The molecule has 0 N–H and O–H groups in total. The SMILES string of the molecule is CCCCOc1cccc(C2c3c(oc4ccccc4c3=O)C(=O)N2c2ccc(F)cc2)c1. The van der Waals surface area contributed by atoms with E-state index in [0.717, 1.165) is 12.8 Å². The van der Waals surface area contributed by atoms with E-state index in [1.807, 2.05) is 24.3 Å². The molecule has 5 rings (SSSR count). The molecule has 3 aromatic carbocycles. The molecule has 0 saturated carbocycles. The Morgan fingerprint density at radius 3 is 2.58 bits per heavy atom. The molecule has 2 heterocycles. The average Bonchev–Trinajstić information content (AvgIpc) is 3.13. The Balaban J connectivity index is 1.70. The zero-order valence-electron chi connectivity index (χ0n) is 18.1. The van der Waals surface area contributed by atoms with Gasteiger partial charge in [-0.3, -0.25) is 14.5 Å². The van der Waals surface area contributed by atoms with Gasteiger partial charge in [-0.1, -0.05) is 37.6 Å². The van der Waals surface area contributed by atoms with E-state index in [1.54, 1.807) is 24.3 Å². The molecule has 0 spiro atoms. The van der Waals surface area contributed by atoms with Crippen LogP contribution < -0.4 is 15.1 Å². The lowest BCUT2D eigenvalue weighted by Gasteiger charge is -2.25. The normalized spacial score (nSPS) is 15.2. The lowest BCUT2D eigenvalue weighted by atomic mass is 9.98. The van der Waals surface area contributed by atoms with E-state index in [1.165, 1.54) is 29.2 Å². The summed E-state index contributed by atoms with van der Waals surface area (Å²) in [6.45, 7) is 2.67. The molecular weight excluding hydrogens is 421 g/mol. The second-order valence-corrected chi connectivity index (χ2v) is 8.00. The Bertz CT molecular complexity index is 1390. The summed E-state index contributed by atoms with van der Waals surface area (Å²) in [6.07, 6.45) is 1.93. The molecule has 1 aromatic heterocycles. The van der Waals surface area contributed by atoms with Crippen molar-refractivity contribution in [1.82, 2.24) is 0 Å². The van der Waals surface area contributed by atoms with E-state index in [-0.39, 0.29) is 16.8 Å². The van der Waals surface area contributed by atoms with Gasteiger partial charge in [-0.2, -0.15) is 0 Å². The van der Waals surface area contributed by atoms with Crippen molar-refractivity contribution in [3.63, 3.8) is 0 Å². The Kier molecular flexibility index (Phi) is 5.42. The van der Waals surface area contributed by atoms with Crippen LogP contribution in [-0.2, 0) is 0 Å². The molecule has 5 nitrogen and oxygen atoms in total. The third-order valence-electron chi connectivity index (χ3n) is 5.82. The predicted molar refractivity (Wildman–Crippen MR) is 124 cm³/mol. The van der Waals surface area contributed by atoms with Gasteiger partial charge in [-0.05, 0) is 60.5 Å². The first-order valence-corrected chi connectivity index (χ1v) is 11.0. The molecule has 1 aliphatic heterocycles. The zero-order valence-corrected chi connectivity index (χ0v) is 18.1. The molecule has 1 unspecified atom stereocenters. The minimum Gasteiger partial charge on any atom is -0.494 e. The van der Waals surface area contributed by atoms with Crippen molar-refractivity contribution >= 4 is 22.6 Å². The Labute approximate surface area is 190 Å². The number of nitrogens with zero attached hydrogens (tertiary/aromatic N) is 1. The summed E-state index contributed by atoms with van der Waals surface area (Å²) in [7, 11) is 0. The Hall–Kier alpha value is -3.93. The number of benzene rings is 3. The second-order valence-electron chi connectivity index (χ2n) is 8.00. The topological polar surface area (TPSA) is 59.8 Å². The van der Waals surface area contributed by atoms with Gasteiger partial charge in [0.2, 0.25) is 5.76 Å². The van der Waals surface area contributed by atoms with Gasteiger partial charge in [0, 0.05) is 5.69 Å². The molecular formula is C27H22FNO4. The first kappa shape index (κ1) is 20.9. The predicted octanol–water partition coefficient (Wildman–Crippen LogP) is 5.86.